The van der Waals surface area contributed by atoms with E-state index in [1.165, 1.54) is 12.1 Å². The predicted molar refractivity (Wildman–Crippen MR) is 101 cm³/mol. The maximum absolute atomic E-state index is 13.1. The summed E-state index contributed by atoms with van der Waals surface area (Å²) >= 11 is 3.49. The van der Waals surface area contributed by atoms with Gasteiger partial charge < -0.3 is 10.1 Å². The molecule has 27 heavy (non-hydrogen) atoms. The Hall–Kier alpha value is -2.01. The Balaban J connectivity index is 1.56. The molecule has 0 spiro atoms. The highest BCUT2D eigenvalue weighted by atomic mass is 79.9. The molecule has 1 aromatic carbocycles. The van der Waals surface area contributed by atoms with Crippen LogP contribution in [-0.4, -0.2) is 29.7 Å². The normalized spacial score (nSPS) is 25.4. The topological polar surface area (TPSA) is 57.4 Å². The fourth-order valence-electron chi connectivity index (χ4n) is 3.31. The Morgan fingerprint density at radius 1 is 1.22 bits per heavy atom. The zero-order valence-electron chi connectivity index (χ0n) is 14.5. The van der Waals surface area contributed by atoms with Gasteiger partial charge in [-0.2, -0.15) is 18.4 Å². The number of allylic oxidation sites excluding steroid dienone is 1. The number of ether oxygens (including phenoxy) is 1. The first-order valence-electron chi connectivity index (χ1n) is 8.75. The number of hydrogen-bond donors (Lipinski definition) is 1. The van der Waals surface area contributed by atoms with Gasteiger partial charge in [-0.3, -0.25) is 4.99 Å². The van der Waals surface area contributed by atoms with E-state index in [4.69, 9.17) is 10.00 Å². The number of aliphatic imine (C=N–C) groups is 1. The third kappa shape index (κ3) is 5.25. The van der Waals surface area contributed by atoms with E-state index in [0.29, 0.717) is 12.2 Å². The molecule has 3 rings (SSSR count). The fraction of sp³-hybridized carbons (Fsp3) is 0.474. The Labute approximate surface area is 164 Å². The van der Waals surface area contributed by atoms with E-state index in [0.717, 1.165) is 37.5 Å². The number of nitrogens with one attached hydrogen (secondary N) is 1. The minimum atomic E-state index is -4.54. The lowest BCUT2D eigenvalue weighted by molar-refractivity contribution is -0.137. The van der Waals surface area contributed by atoms with E-state index in [1.807, 2.05) is 6.08 Å². The molecule has 1 N–H and O–H groups in total. The van der Waals surface area contributed by atoms with Crippen LogP contribution in [0.1, 0.15) is 36.8 Å². The van der Waals surface area contributed by atoms with E-state index in [2.05, 4.69) is 26.2 Å². The molecular formula is C19H19BrF3N3O. The lowest BCUT2D eigenvalue weighted by Gasteiger charge is -2.31. The summed E-state index contributed by atoms with van der Waals surface area (Å²) in [5.41, 5.74) is -0.882. The second-order valence-corrected chi connectivity index (χ2v) is 7.86. The van der Waals surface area contributed by atoms with Gasteiger partial charge in [-0.1, -0.05) is 15.9 Å². The van der Waals surface area contributed by atoms with Crippen LogP contribution in [0.25, 0.3) is 0 Å². The number of halogens is 4. The van der Waals surface area contributed by atoms with Crippen LogP contribution < -0.4 is 5.32 Å². The van der Waals surface area contributed by atoms with Gasteiger partial charge in [0, 0.05) is 11.7 Å². The van der Waals surface area contributed by atoms with Crippen LogP contribution in [0, 0.1) is 11.3 Å². The van der Waals surface area contributed by atoms with Crippen molar-refractivity contribution in [1.29, 1.82) is 5.26 Å². The number of nitrogens with zero attached hydrogens (tertiary/aromatic N) is 2. The first-order valence-corrected chi connectivity index (χ1v) is 9.67. The van der Waals surface area contributed by atoms with E-state index in [9.17, 15) is 13.2 Å². The molecule has 0 aromatic heterocycles. The molecule has 8 heteroatoms. The predicted octanol–water partition coefficient (Wildman–Crippen LogP) is 5.05. The van der Waals surface area contributed by atoms with Crippen LogP contribution in [0.15, 0.2) is 35.0 Å². The molecule has 0 saturated heterocycles. The quantitative estimate of drug-likeness (QED) is 0.665. The average Bonchev–Trinajstić information content (AvgIpc) is 2.63. The van der Waals surface area contributed by atoms with E-state index in [1.54, 1.807) is 12.3 Å². The first-order chi connectivity index (χ1) is 12.8. The molecule has 0 amide bonds. The van der Waals surface area contributed by atoms with E-state index >= 15 is 0 Å². The number of anilines is 1. The molecule has 0 bridgehead atoms. The molecule has 4 nitrogen and oxygen atoms in total. The highest BCUT2D eigenvalue weighted by molar-refractivity contribution is 9.09. The summed E-state index contributed by atoms with van der Waals surface area (Å²) < 4.78 is 45.2. The summed E-state index contributed by atoms with van der Waals surface area (Å²) in [5, 5.41) is 12.0. The van der Waals surface area contributed by atoms with Crippen molar-refractivity contribution in [3.8, 4) is 6.07 Å². The smallest absolute Gasteiger partial charge is 0.417 e. The first kappa shape index (κ1) is 19.7. The number of hydrogen-bond acceptors (Lipinski definition) is 4. The van der Waals surface area contributed by atoms with Gasteiger partial charge in [-0.25, -0.2) is 0 Å². The summed E-state index contributed by atoms with van der Waals surface area (Å²) in [6.45, 7) is 0.702. The standard InChI is InChI=1S/C19H19BrF3N3O/c20-13-7-17(11-25-10-13)27-16-5-3-14(4-6-16)26-15-2-1-12(9-24)18(8-15)19(21,22)23/h1-2,7-8,11,13-14,16,26H,3-6,10H2. The van der Waals surface area contributed by atoms with Crippen molar-refractivity contribution < 1.29 is 17.9 Å². The fourth-order valence-corrected chi connectivity index (χ4v) is 3.73. The van der Waals surface area contributed by atoms with Crippen LogP contribution in [0.4, 0.5) is 18.9 Å². The zero-order valence-corrected chi connectivity index (χ0v) is 16.1. The van der Waals surface area contributed by atoms with Crippen LogP contribution in [0.2, 0.25) is 0 Å². The van der Waals surface area contributed by atoms with Crippen molar-refractivity contribution in [1.82, 2.24) is 0 Å². The second-order valence-electron chi connectivity index (χ2n) is 6.69. The summed E-state index contributed by atoms with van der Waals surface area (Å²) in [5.74, 6) is 0.765. The maximum Gasteiger partial charge on any atom is 0.417 e. The van der Waals surface area contributed by atoms with E-state index < -0.39 is 11.7 Å². The largest absolute Gasteiger partial charge is 0.489 e. The minimum Gasteiger partial charge on any atom is -0.489 e. The van der Waals surface area contributed by atoms with Crippen molar-refractivity contribution in [2.24, 2.45) is 4.99 Å². The van der Waals surface area contributed by atoms with Gasteiger partial charge in [0.15, 0.2) is 0 Å². The van der Waals surface area contributed by atoms with Gasteiger partial charge in [0.1, 0.15) is 5.76 Å². The lowest BCUT2D eigenvalue weighted by Crippen LogP contribution is -2.30. The molecule has 0 radical (unpaired) electrons. The van der Waals surface area contributed by atoms with Crippen molar-refractivity contribution in [2.45, 2.75) is 48.8 Å². The minimum absolute atomic E-state index is 0.0804. The van der Waals surface area contributed by atoms with Crippen molar-refractivity contribution in [3.05, 3.63) is 41.2 Å². The van der Waals surface area contributed by atoms with Gasteiger partial charge in [0.05, 0.1) is 40.9 Å². The summed E-state index contributed by atoms with van der Waals surface area (Å²) in [6, 6.07) is 5.43. The zero-order chi connectivity index (χ0) is 19.4. The Bertz CT molecular complexity index is 777. The molecule has 1 heterocycles. The van der Waals surface area contributed by atoms with Crippen LogP contribution in [0.5, 0.6) is 0 Å². The summed E-state index contributed by atoms with van der Waals surface area (Å²) in [7, 11) is 0. The molecule has 1 saturated carbocycles. The second kappa shape index (κ2) is 8.34. The molecule has 1 fully saturated rings. The highest BCUT2D eigenvalue weighted by Crippen LogP contribution is 2.34. The molecule has 144 valence electrons. The molecule has 2 aliphatic rings. The Morgan fingerprint density at radius 3 is 2.59 bits per heavy atom. The molecule has 1 unspecified atom stereocenters. The van der Waals surface area contributed by atoms with Crippen LogP contribution in [0.3, 0.4) is 0 Å². The molecule has 1 atom stereocenters. The lowest BCUT2D eigenvalue weighted by atomic mass is 9.92. The van der Waals surface area contributed by atoms with Crippen LogP contribution in [-0.2, 0) is 10.9 Å². The van der Waals surface area contributed by atoms with Gasteiger partial charge >= 0.3 is 6.18 Å². The number of alkyl halides is 4. The maximum atomic E-state index is 13.1. The van der Waals surface area contributed by atoms with Gasteiger partial charge in [-0.05, 0) is 50.0 Å². The number of benzene rings is 1. The monoisotopic (exact) mass is 441 g/mol. The number of rotatable bonds is 4. The van der Waals surface area contributed by atoms with Gasteiger partial charge in [-0.15, -0.1) is 0 Å². The third-order valence-electron chi connectivity index (χ3n) is 4.64. The highest BCUT2D eigenvalue weighted by Gasteiger charge is 2.34. The number of dihydropyridines is 1. The van der Waals surface area contributed by atoms with Gasteiger partial charge in [0.2, 0.25) is 0 Å². The molecule has 1 aliphatic carbocycles. The average molecular weight is 442 g/mol. The molecular weight excluding hydrogens is 423 g/mol. The molecule has 1 aromatic rings. The summed E-state index contributed by atoms with van der Waals surface area (Å²) in [6.07, 6.45) is 2.50. The number of nitriles is 1. The van der Waals surface area contributed by atoms with Gasteiger partial charge in [0.25, 0.3) is 0 Å². The Morgan fingerprint density at radius 2 is 1.96 bits per heavy atom. The van der Waals surface area contributed by atoms with Crippen molar-refractivity contribution >= 4 is 27.8 Å². The van der Waals surface area contributed by atoms with Crippen molar-refractivity contribution in [3.63, 3.8) is 0 Å². The summed E-state index contributed by atoms with van der Waals surface area (Å²) in [4.78, 5) is 4.42. The Kier molecular flexibility index (Phi) is 6.10. The SMILES string of the molecule is N#Cc1ccc(NC2CCC(OC3=CC(Br)CN=C3)CC2)cc1C(F)(F)F. The van der Waals surface area contributed by atoms with Crippen molar-refractivity contribution in [2.75, 3.05) is 11.9 Å². The third-order valence-corrected chi connectivity index (χ3v) is 5.19. The van der Waals surface area contributed by atoms with Crippen LogP contribution >= 0.6 is 15.9 Å². The van der Waals surface area contributed by atoms with E-state index in [-0.39, 0.29) is 22.5 Å². The molecule has 1 aliphatic heterocycles.